The maximum Gasteiger partial charge on any atom is 0.335 e. The molecule has 0 saturated heterocycles. The minimum absolute atomic E-state index is 0.134. The first kappa shape index (κ1) is 15.3. The highest BCUT2D eigenvalue weighted by molar-refractivity contribution is 5.97. The van der Waals surface area contributed by atoms with Gasteiger partial charge in [-0.1, -0.05) is 19.9 Å². The summed E-state index contributed by atoms with van der Waals surface area (Å²) in [6.45, 7) is 4.22. The van der Waals surface area contributed by atoms with E-state index in [-0.39, 0.29) is 11.5 Å². The highest BCUT2D eigenvalue weighted by Crippen LogP contribution is 2.37. The van der Waals surface area contributed by atoms with Crippen molar-refractivity contribution in [1.29, 1.82) is 0 Å². The van der Waals surface area contributed by atoms with Crippen LogP contribution < -0.4 is 5.73 Å². The van der Waals surface area contributed by atoms with Crippen LogP contribution in [0.1, 0.15) is 35.7 Å². The number of aromatic carboxylic acids is 1. The fourth-order valence-corrected chi connectivity index (χ4v) is 2.81. The van der Waals surface area contributed by atoms with Crippen LogP contribution in [-0.2, 0) is 0 Å². The standard InChI is InChI=1S/C19H16N2O4/c1-9(2)10-4-6-14-12(7-10)16(20)17(24-14)18-21-13-5-3-11(19(22)23)8-15(13)25-18/h3-9H,20H2,1-2H3,(H,22,23). The molecular weight excluding hydrogens is 320 g/mol. The van der Waals surface area contributed by atoms with E-state index in [0.29, 0.717) is 34.0 Å². The molecule has 0 aliphatic carbocycles. The zero-order chi connectivity index (χ0) is 17.7. The molecule has 3 N–H and O–H groups in total. The number of hydrogen-bond acceptors (Lipinski definition) is 5. The number of benzene rings is 2. The first-order chi connectivity index (χ1) is 11.9. The number of fused-ring (bicyclic) bond motifs is 2. The van der Waals surface area contributed by atoms with Gasteiger partial charge in [0.1, 0.15) is 11.1 Å². The van der Waals surface area contributed by atoms with Gasteiger partial charge in [-0.05, 0) is 41.8 Å². The smallest absolute Gasteiger partial charge is 0.335 e. The van der Waals surface area contributed by atoms with Crippen molar-refractivity contribution in [2.45, 2.75) is 19.8 Å². The summed E-state index contributed by atoms with van der Waals surface area (Å²) in [5, 5.41) is 9.89. The topological polar surface area (TPSA) is 102 Å². The van der Waals surface area contributed by atoms with Gasteiger partial charge in [-0.15, -0.1) is 0 Å². The van der Waals surface area contributed by atoms with Gasteiger partial charge in [0.15, 0.2) is 5.58 Å². The maximum absolute atomic E-state index is 11.1. The summed E-state index contributed by atoms with van der Waals surface area (Å²) >= 11 is 0. The molecule has 4 aromatic rings. The van der Waals surface area contributed by atoms with E-state index >= 15 is 0 Å². The highest BCUT2D eigenvalue weighted by atomic mass is 16.4. The largest absolute Gasteiger partial charge is 0.478 e. The fraction of sp³-hybridized carbons (Fsp3) is 0.158. The number of nitrogens with two attached hydrogens (primary N) is 1. The first-order valence-corrected chi connectivity index (χ1v) is 7.90. The number of carbonyl (C=O) groups is 1. The lowest BCUT2D eigenvalue weighted by molar-refractivity contribution is 0.0697. The van der Waals surface area contributed by atoms with Gasteiger partial charge < -0.3 is 19.7 Å². The summed E-state index contributed by atoms with van der Waals surface area (Å²) in [5.74, 6) is -0.0634. The molecule has 0 unspecified atom stereocenters. The molecule has 0 aliphatic rings. The Morgan fingerprint density at radius 3 is 2.64 bits per heavy atom. The van der Waals surface area contributed by atoms with E-state index in [1.54, 1.807) is 6.07 Å². The lowest BCUT2D eigenvalue weighted by Crippen LogP contribution is -1.94. The Hall–Kier alpha value is -3.28. The van der Waals surface area contributed by atoms with Gasteiger partial charge in [0, 0.05) is 5.39 Å². The van der Waals surface area contributed by atoms with E-state index in [4.69, 9.17) is 19.7 Å². The van der Waals surface area contributed by atoms with E-state index in [2.05, 4.69) is 18.8 Å². The molecule has 6 nitrogen and oxygen atoms in total. The molecule has 0 saturated carbocycles. The van der Waals surface area contributed by atoms with Crippen molar-refractivity contribution in [3.8, 4) is 11.7 Å². The molecule has 2 aromatic heterocycles. The Labute approximate surface area is 142 Å². The number of carboxylic acid groups (broad SMARTS) is 1. The SMILES string of the molecule is CC(C)c1ccc2oc(-c3nc4ccc(C(=O)O)cc4o3)c(N)c2c1. The van der Waals surface area contributed by atoms with Gasteiger partial charge >= 0.3 is 5.97 Å². The van der Waals surface area contributed by atoms with Gasteiger partial charge in [0.2, 0.25) is 5.76 Å². The Kier molecular flexibility index (Phi) is 3.28. The van der Waals surface area contributed by atoms with Crippen LogP contribution in [0.2, 0.25) is 0 Å². The number of oxazole rings is 1. The van der Waals surface area contributed by atoms with Crippen molar-refractivity contribution in [1.82, 2.24) is 4.98 Å². The van der Waals surface area contributed by atoms with Gasteiger partial charge in [0.05, 0.1) is 11.3 Å². The predicted molar refractivity (Wildman–Crippen MR) is 94.7 cm³/mol. The zero-order valence-electron chi connectivity index (χ0n) is 13.7. The third kappa shape index (κ3) is 2.42. The Balaban J connectivity index is 1.87. The van der Waals surface area contributed by atoms with Crippen molar-refractivity contribution in [3.05, 3.63) is 47.5 Å². The summed E-state index contributed by atoms with van der Waals surface area (Å²) in [6, 6.07) is 10.4. The van der Waals surface area contributed by atoms with Gasteiger partial charge in [-0.25, -0.2) is 9.78 Å². The minimum atomic E-state index is -1.02. The molecule has 2 heterocycles. The lowest BCUT2D eigenvalue weighted by atomic mass is 10.0. The molecule has 126 valence electrons. The Bertz CT molecular complexity index is 1120. The molecule has 0 amide bonds. The second-order valence-corrected chi connectivity index (χ2v) is 6.26. The summed E-state index contributed by atoms with van der Waals surface area (Å²) in [6.07, 6.45) is 0. The average molecular weight is 336 g/mol. The number of rotatable bonds is 3. The van der Waals surface area contributed by atoms with Crippen LogP contribution in [0.5, 0.6) is 0 Å². The Morgan fingerprint density at radius 2 is 1.92 bits per heavy atom. The van der Waals surface area contributed by atoms with Crippen molar-refractivity contribution < 1.29 is 18.7 Å². The molecule has 25 heavy (non-hydrogen) atoms. The van der Waals surface area contributed by atoms with Crippen molar-refractivity contribution in [2.75, 3.05) is 5.73 Å². The third-order valence-electron chi connectivity index (χ3n) is 4.25. The normalized spacial score (nSPS) is 11.6. The molecule has 2 aromatic carbocycles. The quantitative estimate of drug-likeness (QED) is 0.565. The summed E-state index contributed by atoms with van der Waals surface area (Å²) < 4.78 is 11.5. The van der Waals surface area contributed by atoms with Gasteiger partial charge in [-0.2, -0.15) is 0 Å². The maximum atomic E-state index is 11.1. The molecule has 0 radical (unpaired) electrons. The number of nitrogen functional groups attached to an aromatic ring is 1. The summed E-state index contributed by atoms with van der Waals surface area (Å²) in [7, 11) is 0. The molecular formula is C19H16N2O4. The van der Waals surface area contributed by atoms with Crippen LogP contribution >= 0.6 is 0 Å². The number of nitrogens with zero attached hydrogens (tertiary/aromatic N) is 1. The number of anilines is 1. The van der Waals surface area contributed by atoms with Crippen LogP contribution in [0.15, 0.2) is 45.2 Å². The average Bonchev–Trinajstić information content (AvgIpc) is 3.14. The molecule has 4 rings (SSSR count). The molecule has 0 bridgehead atoms. The second kappa shape index (κ2) is 5.37. The van der Waals surface area contributed by atoms with E-state index in [0.717, 1.165) is 10.9 Å². The summed E-state index contributed by atoms with van der Waals surface area (Å²) in [5.41, 5.74) is 9.58. The Morgan fingerprint density at radius 1 is 1.12 bits per heavy atom. The van der Waals surface area contributed by atoms with Crippen molar-refractivity contribution >= 4 is 33.7 Å². The van der Waals surface area contributed by atoms with Crippen LogP contribution in [-0.4, -0.2) is 16.1 Å². The molecule has 0 spiro atoms. The second-order valence-electron chi connectivity index (χ2n) is 6.26. The van der Waals surface area contributed by atoms with Crippen molar-refractivity contribution in [3.63, 3.8) is 0 Å². The van der Waals surface area contributed by atoms with Crippen LogP contribution in [0.25, 0.3) is 33.7 Å². The van der Waals surface area contributed by atoms with Gasteiger partial charge in [0.25, 0.3) is 5.89 Å². The number of aromatic nitrogens is 1. The van der Waals surface area contributed by atoms with Crippen LogP contribution in [0.4, 0.5) is 5.69 Å². The lowest BCUT2D eigenvalue weighted by Gasteiger charge is -2.03. The van der Waals surface area contributed by atoms with Crippen molar-refractivity contribution in [2.24, 2.45) is 0 Å². The van der Waals surface area contributed by atoms with E-state index in [1.165, 1.54) is 12.1 Å². The molecule has 0 aliphatic heterocycles. The monoisotopic (exact) mass is 336 g/mol. The van der Waals surface area contributed by atoms with E-state index < -0.39 is 5.97 Å². The number of carboxylic acids is 1. The number of hydrogen-bond donors (Lipinski definition) is 2. The van der Waals surface area contributed by atoms with Crippen LogP contribution in [0, 0.1) is 0 Å². The highest BCUT2D eigenvalue weighted by Gasteiger charge is 2.20. The molecule has 0 atom stereocenters. The van der Waals surface area contributed by atoms with E-state index in [9.17, 15) is 4.79 Å². The van der Waals surface area contributed by atoms with Gasteiger partial charge in [-0.3, -0.25) is 0 Å². The molecule has 0 fully saturated rings. The first-order valence-electron chi connectivity index (χ1n) is 7.90. The fourth-order valence-electron chi connectivity index (χ4n) is 2.81. The third-order valence-corrected chi connectivity index (χ3v) is 4.25. The predicted octanol–water partition coefficient (Wildman–Crippen LogP) is 4.64. The zero-order valence-corrected chi connectivity index (χ0v) is 13.7. The molecule has 6 heteroatoms. The van der Waals surface area contributed by atoms with E-state index in [1.807, 2.05) is 18.2 Å². The minimum Gasteiger partial charge on any atom is -0.478 e. The summed E-state index contributed by atoms with van der Waals surface area (Å²) in [4.78, 5) is 15.4. The number of furan rings is 1. The van der Waals surface area contributed by atoms with Crippen LogP contribution in [0.3, 0.4) is 0 Å².